The summed E-state index contributed by atoms with van der Waals surface area (Å²) in [6, 6.07) is 5.41. The number of benzene rings is 1. The van der Waals surface area contributed by atoms with Crippen molar-refractivity contribution in [1.29, 1.82) is 5.26 Å². The van der Waals surface area contributed by atoms with Gasteiger partial charge in [0.2, 0.25) is 10.0 Å². The summed E-state index contributed by atoms with van der Waals surface area (Å²) in [5, 5.41) is 8.93. The fourth-order valence-corrected chi connectivity index (χ4v) is 3.91. The van der Waals surface area contributed by atoms with E-state index in [1.807, 2.05) is 6.07 Å². The molecule has 0 radical (unpaired) electrons. The third kappa shape index (κ3) is 4.26. The van der Waals surface area contributed by atoms with Crippen LogP contribution in [0.4, 0.5) is 4.39 Å². The first-order valence-electron chi connectivity index (χ1n) is 7.09. The Morgan fingerprint density at radius 1 is 1.38 bits per heavy atom. The summed E-state index contributed by atoms with van der Waals surface area (Å²) < 4.78 is 39.7. The molecule has 1 aliphatic rings. The minimum absolute atomic E-state index is 0.0649. The van der Waals surface area contributed by atoms with Gasteiger partial charge in [0.05, 0.1) is 17.4 Å². The average Bonchev–Trinajstić information content (AvgIpc) is 2.39. The van der Waals surface area contributed by atoms with Crippen molar-refractivity contribution >= 4 is 10.0 Å². The summed E-state index contributed by atoms with van der Waals surface area (Å²) in [7, 11) is -3.50. The molecule has 21 heavy (non-hydrogen) atoms. The van der Waals surface area contributed by atoms with E-state index in [9.17, 15) is 12.8 Å². The Morgan fingerprint density at radius 3 is 2.71 bits per heavy atom. The van der Waals surface area contributed by atoms with Crippen molar-refractivity contribution in [3.05, 3.63) is 35.1 Å². The van der Waals surface area contributed by atoms with Gasteiger partial charge in [-0.3, -0.25) is 0 Å². The van der Waals surface area contributed by atoms with Gasteiger partial charge in [-0.1, -0.05) is 19.4 Å². The number of rotatable bonds is 6. The molecule has 0 saturated heterocycles. The quantitative estimate of drug-likeness (QED) is 0.878. The van der Waals surface area contributed by atoms with E-state index in [0.717, 1.165) is 31.2 Å². The van der Waals surface area contributed by atoms with Gasteiger partial charge >= 0.3 is 0 Å². The monoisotopic (exact) mass is 310 g/mol. The fraction of sp³-hybridized carbons (Fsp3) is 0.533. The predicted octanol–water partition coefficient (Wildman–Crippen LogP) is 2.55. The van der Waals surface area contributed by atoms with Crippen molar-refractivity contribution in [2.24, 2.45) is 11.8 Å². The molecule has 6 heteroatoms. The van der Waals surface area contributed by atoms with E-state index in [1.54, 1.807) is 0 Å². The zero-order chi connectivity index (χ0) is 15.5. The number of hydrogen-bond donors (Lipinski definition) is 1. The molecular weight excluding hydrogens is 291 g/mol. The lowest BCUT2D eigenvalue weighted by Gasteiger charge is -2.34. The van der Waals surface area contributed by atoms with Crippen LogP contribution < -0.4 is 4.72 Å². The van der Waals surface area contributed by atoms with Crippen molar-refractivity contribution in [1.82, 2.24) is 4.72 Å². The highest BCUT2D eigenvalue weighted by atomic mass is 32.2. The normalized spacial score (nSPS) is 21.6. The fourth-order valence-electron chi connectivity index (χ4n) is 2.65. The molecule has 0 bridgehead atoms. The molecule has 4 nitrogen and oxygen atoms in total. The minimum atomic E-state index is -3.50. The van der Waals surface area contributed by atoms with Crippen LogP contribution in [-0.4, -0.2) is 15.0 Å². The van der Waals surface area contributed by atoms with Crippen molar-refractivity contribution in [3.8, 4) is 6.07 Å². The maximum atomic E-state index is 13.0. The smallest absolute Gasteiger partial charge is 0.215 e. The van der Waals surface area contributed by atoms with E-state index in [2.05, 4.69) is 11.6 Å². The van der Waals surface area contributed by atoms with Crippen molar-refractivity contribution in [2.45, 2.75) is 31.9 Å². The lowest BCUT2D eigenvalue weighted by molar-refractivity contribution is 0.190. The highest BCUT2D eigenvalue weighted by Gasteiger charge is 2.28. The summed E-state index contributed by atoms with van der Waals surface area (Å²) in [4.78, 5) is 0. The van der Waals surface area contributed by atoms with Crippen LogP contribution in [0.1, 0.15) is 37.3 Å². The zero-order valence-corrected chi connectivity index (χ0v) is 12.8. The lowest BCUT2D eigenvalue weighted by atomic mass is 9.74. The van der Waals surface area contributed by atoms with Gasteiger partial charge in [-0.15, -0.1) is 0 Å². The first kappa shape index (κ1) is 15.9. The molecule has 0 atom stereocenters. The molecule has 1 aliphatic carbocycles. The van der Waals surface area contributed by atoms with E-state index < -0.39 is 15.8 Å². The Morgan fingerprint density at radius 2 is 2.10 bits per heavy atom. The number of nitrogens with one attached hydrogen (secondary N) is 1. The average molecular weight is 310 g/mol. The lowest BCUT2D eigenvalue weighted by Crippen LogP contribution is -2.36. The molecule has 1 saturated carbocycles. The third-order valence-corrected chi connectivity index (χ3v) is 5.34. The molecule has 114 valence electrons. The molecule has 0 spiro atoms. The molecule has 1 aromatic carbocycles. The van der Waals surface area contributed by atoms with Gasteiger partial charge in [-0.2, -0.15) is 5.26 Å². The zero-order valence-electron chi connectivity index (χ0n) is 12.0. The van der Waals surface area contributed by atoms with E-state index in [0.29, 0.717) is 18.0 Å². The molecule has 1 aromatic rings. The van der Waals surface area contributed by atoms with Crippen molar-refractivity contribution in [3.63, 3.8) is 0 Å². The summed E-state index contributed by atoms with van der Waals surface area (Å²) in [6.45, 7) is 2.59. The Balaban J connectivity index is 1.94. The van der Waals surface area contributed by atoms with Crippen LogP contribution in [0.3, 0.4) is 0 Å². The van der Waals surface area contributed by atoms with E-state index in [-0.39, 0.29) is 11.3 Å². The second-order valence-corrected chi connectivity index (χ2v) is 7.44. The van der Waals surface area contributed by atoms with Gasteiger partial charge in [-0.05, 0) is 42.4 Å². The topological polar surface area (TPSA) is 70.0 Å². The maximum Gasteiger partial charge on any atom is 0.215 e. The van der Waals surface area contributed by atoms with Gasteiger partial charge in [0.1, 0.15) is 5.82 Å². The van der Waals surface area contributed by atoms with E-state index in [1.165, 1.54) is 12.1 Å². The van der Waals surface area contributed by atoms with Crippen LogP contribution in [0.25, 0.3) is 0 Å². The maximum absolute atomic E-state index is 13.0. The minimum Gasteiger partial charge on any atom is -0.215 e. The van der Waals surface area contributed by atoms with Crippen LogP contribution in [0.15, 0.2) is 18.2 Å². The number of nitriles is 1. The second-order valence-electron chi connectivity index (χ2n) is 5.63. The Bertz CT molecular complexity index is 646. The van der Waals surface area contributed by atoms with Crippen molar-refractivity contribution < 1.29 is 12.8 Å². The van der Waals surface area contributed by atoms with E-state index >= 15 is 0 Å². The van der Waals surface area contributed by atoms with Crippen molar-refractivity contribution in [2.75, 3.05) is 6.54 Å². The van der Waals surface area contributed by atoms with Gasteiger partial charge in [0.15, 0.2) is 0 Å². The Labute approximate surface area is 125 Å². The number of halogens is 1. The Kier molecular flexibility index (Phi) is 4.96. The Hall–Kier alpha value is -1.45. The van der Waals surface area contributed by atoms with Crippen LogP contribution in [0, 0.1) is 29.0 Å². The molecule has 1 fully saturated rings. The van der Waals surface area contributed by atoms with E-state index in [4.69, 9.17) is 5.26 Å². The number of sulfonamides is 1. The van der Waals surface area contributed by atoms with Gasteiger partial charge < -0.3 is 0 Å². The SMILES string of the molecule is CCC1CC(CNS(=O)(=O)Cc2ccc(F)cc2C#N)C1. The first-order valence-corrected chi connectivity index (χ1v) is 8.74. The van der Waals surface area contributed by atoms with Gasteiger partial charge in [0, 0.05) is 6.54 Å². The van der Waals surface area contributed by atoms with Gasteiger partial charge in [0.25, 0.3) is 0 Å². The summed E-state index contributed by atoms with van der Waals surface area (Å²) in [5.74, 6) is 0.302. The first-order chi connectivity index (χ1) is 9.93. The largest absolute Gasteiger partial charge is 0.215 e. The summed E-state index contributed by atoms with van der Waals surface area (Å²) in [6.07, 6.45) is 3.28. The van der Waals surface area contributed by atoms with Gasteiger partial charge in [-0.25, -0.2) is 17.5 Å². The highest BCUT2D eigenvalue weighted by Crippen LogP contribution is 2.35. The van der Waals surface area contributed by atoms with Crippen LogP contribution >= 0.6 is 0 Å². The predicted molar refractivity (Wildman–Crippen MR) is 78.2 cm³/mol. The summed E-state index contributed by atoms with van der Waals surface area (Å²) >= 11 is 0. The molecule has 0 aromatic heterocycles. The summed E-state index contributed by atoms with van der Waals surface area (Å²) in [5.41, 5.74) is 0.390. The second kappa shape index (κ2) is 6.54. The van der Waals surface area contributed by atoms with Crippen LogP contribution in [-0.2, 0) is 15.8 Å². The molecule has 0 amide bonds. The molecule has 1 N–H and O–H groups in total. The molecule has 0 unspecified atom stereocenters. The molecule has 0 heterocycles. The number of hydrogen-bond acceptors (Lipinski definition) is 3. The third-order valence-electron chi connectivity index (χ3n) is 4.04. The van der Waals surface area contributed by atoms with Crippen LogP contribution in [0.5, 0.6) is 0 Å². The molecular formula is C15H19FN2O2S. The standard InChI is InChI=1S/C15H19FN2O2S/c1-2-11-5-12(6-11)9-18-21(19,20)10-13-3-4-15(16)7-14(13)8-17/h3-4,7,11-12,18H,2,5-6,9-10H2,1H3. The highest BCUT2D eigenvalue weighted by molar-refractivity contribution is 7.88. The molecule has 2 rings (SSSR count). The van der Waals surface area contributed by atoms with Crippen LogP contribution in [0.2, 0.25) is 0 Å². The number of nitrogens with zero attached hydrogens (tertiary/aromatic N) is 1. The molecule has 0 aliphatic heterocycles.